The molecule has 1 heterocycles. The summed E-state index contributed by atoms with van der Waals surface area (Å²) in [6, 6.07) is 5.14. The van der Waals surface area contributed by atoms with Gasteiger partial charge in [-0.3, -0.25) is 14.5 Å². The second-order valence-corrected chi connectivity index (χ2v) is 4.49. The molecule has 2 N–H and O–H groups in total. The molecule has 0 radical (unpaired) electrons. The molecule has 0 spiro atoms. The number of piperidine rings is 1. The number of hydrogen-bond donors (Lipinski definition) is 1. The Bertz CT molecular complexity index is 458. The quantitative estimate of drug-likeness (QED) is 0.646. The summed E-state index contributed by atoms with van der Waals surface area (Å²) in [7, 11) is 0. The smallest absolute Gasteiger partial charge is 0.229 e. The van der Waals surface area contributed by atoms with Crippen molar-refractivity contribution in [3.8, 4) is 0 Å². The van der Waals surface area contributed by atoms with E-state index in [-0.39, 0.29) is 18.4 Å². The summed E-state index contributed by atoms with van der Waals surface area (Å²) in [6.07, 6.45) is 1.53. The number of nitrogens with two attached hydrogens (primary N) is 1. The van der Waals surface area contributed by atoms with E-state index in [1.807, 2.05) is 0 Å². The molecule has 0 saturated carbocycles. The van der Waals surface area contributed by atoms with E-state index < -0.39 is 0 Å². The van der Waals surface area contributed by atoms with Crippen LogP contribution in [0.3, 0.4) is 0 Å². The summed E-state index contributed by atoms with van der Waals surface area (Å²) in [6.45, 7) is 0.277. The molecule has 2 amide bonds. The Morgan fingerprint density at radius 3 is 2.47 bits per heavy atom. The standard InChI is InChI=1S/C12H13ClN2O2/c13-9-5-4-8(6-10(9)14)7-15-11(16)2-1-3-12(15)17/h4-6H,1-3,7,14H2. The molecule has 17 heavy (non-hydrogen) atoms. The van der Waals surface area contributed by atoms with Crippen LogP contribution in [-0.2, 0) is 16.1 Å². The lowest BCUT2D eigenvalue weighted by Gasteiger charge is -2.24. The topological polar surface area (TPSA) is 63.4 Å². The Morgan fingerprint density at radius 2 is 1.88 bits per heavy atom. The third kappa shape index (κ3) is 2.58. The van der Waals surface area contributed by atoms with Crippen LogP contribution in [0.2, 0.25) is 5.02 Å². The van der Waals surface area contributed by atoms with Gasteiger partial charge < -0.3 is 5.73 Å². The van der Waals surface area contributed by atoms with Gasteiger partial charge in [-0.2, -0.15) is 0 Å². The highest BCUT2D eigenvalue weighted by Crippen LogP contribution is 2.22. The van der Waals surface area contributed by atoms with Crippen LogP contribution < -0.4 is 5.73 Å². The molecule has 0 atom stereocenters. The highest BCUT2D eigenvalue weighted by atomic mass is 35.5. The summed E-state index contributed by atoms with van der Waals surface area (Å²) >= 11 is 5.81. The average Bonchev–Trinajstić information content (AvgIpc) is 2.28. The van der Waals surface area contributed by atoms with Gasteiger partial charge in [0.05, 0.1) is 17.3 Å². The molecule has 90 valence electrons. The van der Waals surface area contributed by atoms with E-state index in [1.165, 1.54) is 4.90 Å². The van der Waals surface area contributed by atoms with Crippen molar-refractivity contribution in [3.63, 3.8) is 0 Å². The molecule has 1 aliphatic rings. The molecule has 1 aromatic carbocycles. The van der Waals surface area contributed by atoms with Crippen molar-refractivity contribution < 1.29 is 9.59 Å². The van der Waals surface area contributed by atoms with E-state index in [9.17, 15) is 9.59 Å². The number of carbonyl (C=O) groups excluding carboxylic acids is 2. The molecule has 1 saturated heterocycles. The van der Waals surface area contributed by atoms with Crippen LogP contribution in [0.1, 0.15) is 24.8 Å². The number of rotatable bonds is 2. The maximum Gasteiger partial charge on any atom is 0.229 e. The largest absolute Gasteiger partial charge is 0.398 e. The first kappa shape index (κ1) is 11.9. The maximum absolute atomic E-state index is 11.6. The van der Waals surface area contributed by atoms with Gasteiger partial charge in [-0.15, -0.1) is 0 Å². The molecule has 1 fully saturated rings. The van der Waals surface area contributed by atoms with Crippen molar-refractivity contribution in [1.82, 2.24) is 4.90 Å². The van der Waals surface area contributed by atoms with Crippen LogP contribution in [0.4, 0.5) is 5.69 Å². The average molecular weight is 253 g/mol. The van der Waals surface area contributed by atoms with Crippen LogP contribution in [0.15, 0.2) is 18.2 Å². The molecule has 4 nitrogen and oxygen atoms in total. The van der Waals surface area contributed by atoms with Crippen molar-refractivity contribution >= 4 is 29.1 Å². The van der Waals surface area contributed by atoms with Crippen molar-refractivity contribution in [2.45, 2.75) is 25.8 Å². The summed E-state index contributed by atoms with van der Waals surface area (Å²) < 4.78 is 0. The minimum atomic E-state index is -0.116. The number of nitrogen functional groups attached to an aromatic ring is 1. The van der Waals surface area contributed by atoms with Gasteiger partial charge in [0.2, 0.25) is 11.8 Å². The van der Waals surface area contributed by atoms with Gasteiger partial charge in [0, 0.05) is 12.8 Å². The van der Waals surface area contributed by atoms with Crippen LogP contribution in [0.5, 0.6) is 0 Å². The molecule has 1 aliphatic heterocycles. The Morgan fingerprint density at radius 1 is 1.24 bits per heavy atom. The lowest BCUT2D eigenvalue weighted by molar-refractivity contribution is -0.148. The SMILES string of the molecule is Nc1cc(CN2C(=O)CCCC2=O)ccc1Cl. The Balaban J connectivity index is 2.16. The highest BCUT2D eigenvalue weighted by molar-refractivity contribution is 6.33. The number of likely N-dealkylation sites (tertiary alicyclic amines) is 1. The molecule has 0 aromatic heterocycles. The second kappa shape index (κ2) is 4.75. The summed E-state index contributed by atoms with van der Waals surface area (Å²) in [5, 5.41) is 0.477. The molecule has 1 aromatic rings. The van der Waals surface area contributed by atoms with Gasteiger partial charge in [-0.1, -0.05) is 17.7 Å². The van der Waals surface area contributed by atoms with E-state index in [2.05, 4.69) is 0 Å². The molecule has 0 unspecified atom stereocenters. The number of nitrogens with zero attached hydrogens (tertiary/aromatic N) is 1. The third-order valence-corrected chi connectivity index (χ3v) is 3.13. The molecule has 0 bridgehead atoms. The molecule has 5 heteroatoms. The lowest BCUT2D eigenvalue weighted by atomic mass is 10.1. The van der Waals surface area contributed by atoms with Crippen molar-refractivity contribution in [1.29, 1.82) is 0 Å². The van der Waals surface area contributed by atoms with E-state index in [1.54, 1.807) is 18.2 Å². The van der Waals surface area contributed by atoms with Crippen LogP contribution >= 0.6 is 11.6 Å². The minimum absolute atomic E-state index is 0.116. The lowest BCUT2D eigenvalue weighted by Crippen LogP contribution is -2.39. The van der Waals surface area contributed by atoms with Gasteiger partial charge in [-0.05, 0) is 24.1 Å². The molecular formula is C12H13ClN2O2. The molecular weight excluding hydrogens is 240 g/mol. The van der Waals surface area contributed by atoms with E-state index >= 15 is 0 Å². The second-order valence-electron chi connectivity index (χ2n) is 4.08. The number of hydrogen-bond acceptors (Lipinski definition) is 3. The van der Waals surface area contributed by atoms with Gasteiger partial charge >= 0.3 is 0 Å². The Kier molecular flexibility index (Phi) is 3.33. The van der Waals surface area contributed by atoms with Crippen LogP contribution in [0, 0.1) is 0 Å². The number of amides is 2. The fourth-order valence-corrected chi connectivity index (χ4v) is 1.97. The number of imide groups is 1. The van der Waals surface area contributed by atoms with Crippen LogP contribution in [0.25, 0.3) is 0 Å². The van der Waals surface area contributed by atoms with E-state index in [0.29, 0.717) is 30.0 Å². The highest BCUT2D eigenvalue weighted by Gasteiger charge is 2.25. The summed E-state index contributed by atoms with van der Waals surface area (Å²) in [4.78, 5) is 24.5. The first-order valence-electron chi connectivity index (χ1n) is 5.45. The van der Waals surface area contributed by atoms with Gasteiger partial charge in [0.1, 0.15) is 0 Å². The predicted octanol–water partition coefficient (Wildman–Crippen LogP) is 1.96. The number of benzene rings is 1. The number of halogens is 1. The normalized spacial score (nSPS) is 16.4. The predicted molar refractivity (Wildman–Crippen MR) is 65.3 cm³/mol. The first-order chi connectivity index (χ1) is 8.08. The van der Waals surface area contributed by atoms with Gasteiger partial charge in [0.15, 0.2) is 0 Å². The maximum atomic E-state index is 11.6. The van der Waals surface area contributed by atoms with Gasteiger partial charge in [0.25, 0.3) is 0 Å². The Hall–Kier alpha value is -1.55. The van der Waals surface area contributed by atoms with Crippen molar-refractivity contribution in [2.75, 3.05) is 5.73 Å². The summed E-state index contributed by atoms with van der Waals surface area (Å²) in [5.74, 6) is -0.232. The third-order valence-electron chi connectivity index (χ3n) is 2.78. The fourth-order valence-electron chi connectivity index (χ4n) is 1.85. The zero-order chi connectivity index (χ0) is 12.4. The minimum Gasteiger partial charge on any atom is -0.398 e. The zero-order valence-corrected chi connectivity index (χ0v) is 10.0. The fraction of sp³-hybridized carbons (Fsp3) is 0.333. The first-order valence-corrected chi connectivity index (χ1v) is 5.83. The van der Waals surface area contributed by atoms with E-state index in [0.717, 1.165) is 5.56 Å². The molecule has 2 rings (SSSR count). The Labute approximate surface area is 104 Å². The van der Waals surface area contributed by atoms with Crippen LogP contribution in [-0.4, -0.2) is 16.7 Å². The van der Waals surface area contributed by atoms with E-state index in [4.69, 9.17) is 17.3 Å². The van der Waals surface area contributed by atoms with Gasteiger partial charge in [-0.25, -0.2) is 0 Å². The summed E-state index contributed by atoms with van der Waals surface area (Å²) in [5.41, 5.74) is 6.95. The van der Waals surface area contributed by atoms with Crippen molar-refractivity contribution in [2.24, 2.45) is 0 Å². The number of anilines is 1. The van der Waals surface area contributed by atoms with Crippen molar-refractivity contribution in [3.05, 3.63) is 28.8 Å². The zero-order valence-electron chi connectivity index (χ0n) is 9.28. The monoisotopic (exact) mass is 252 g/mol. The number of carbonyl (C=O) groups is 2. The molecule has 0 aliphatic carbocycles.